The summed E-state index contributed by atoms with van der Waals surface area (Å²) < 4.78 is 41.4. The molecule has 0 aliphatic heterocycles. The van der Waals surface area contributed by atoms with Crippen LogP contribution in [-0.4, -0.2) is 28.5 Å². The summed E-state index contributed by atoms with van der Waals surface area (Å²) in [5, 5.41) is 12.0. The van der Waals surface area contributed by atoms with E-state index < -0.39 is 20.8 Å². The number of sulfonamides is 1. The van der Waals surface area contributed by atoms with Gasteiger partial charge in [0.2, 0.25) is 0 Å². The summed E-state index contributed by atoms with van der Waals surface area (Å²) in [6.45, 7) is 0. The summed E-state index contributed by atoms with van der Waals surface area (Å²) in [6.07, 6.45) is 0. The highest BCUT2D eigenvalue weighted by Crippen LogP contribution is 2.28. The zero-order valence-corrected chi connectivity index (χ0v) is 16.5. The van der Waals surface area contributed by atoms with E-state index in [0.29, 0.717) is 16.7 Å². The molecule has 31 heavy (non-hydrogen) atoms. The molecule has 0 unspecified atom stereocenters. The van der Waals surface area contributed by atoms with Crippen LogP contribution in [0, 0.1) is 10.7 Å². The highest BCUT2D eigenvalue weighted by atomic mass is 32.2. The standard InChI is InChI=1S/C20H15FN5O4S/c21-13-8-10-14(11-9-13)22-19-20(24-18-7-2-1-6-17(18)23-19)25-31(29,30)16-5-3-4-15(12-16)26(27)28/h1-12H,(H,22,23)(H,24,25)(H,27,28)/q+1. The summed E-state index contributed by atoms with van der Waals surface area (Å²) in [4.78, 5) is 19.2. The van der Waals surface area contributed by atoms with Gasteiger partial charge in [0.1, 0.15) is 5.82 Å². The minimum absolute atomic E-state index is 0.0950. The highest BCUT2D eigenvalue weighted by molar-refractivity contribution is 7.92. The van der Waals surface area contributed by atoms with Crippen molar-refractivity contribution in [2.45, 2.75) is 4.90 Å². The van der Waals surface area contributed by atoms with E-state index in [1.807, 2.05) is 0 Å². The number of benzene rings is 3. The van der Waals surface area contributed by atoms with Crippen LogP contribution in [0.15, 0.2) is 77.7 Å². The van der Waals surface area contributed by atoms with E-state index in [1.54, 1.807) is 24.3 Å². The van der Waals surface area contributed by atoms with Gasteiger partial charge in [0, 0.05) is 17.8 Å². The molecule has 4 aromatic rings. The number of halogens is 1. The van der Waals surface area contributed by atoms with Crippen LogP contribution in [0.2, 0.25) is 0 Å². The minimum Gasteiger partial charge on any atom is -0.337 e. The fraction of sp³-hybridized carbons (Fsp3) is 0. The lowest BCUT2D eigenvalue weighted by atomic mass is 10.3. The number of nitrogens with zero attached hydrogens (tertiary/aromatic N) is 3. The molecule has 4 rings (SSSR count). The van der Waals surface area contributed by atoms with Gasteiger partial charge >= 0.3 is 5.69 Å². The van der Waals surface area contributed by atoms with Gasteiger partial charge in [0.25, 0.3) is 14.9 Å². The van der Waals surface area contributed by atoms with Gasteiger partial charge in [-0.15, -0.1) is 0 Å². The monoisotopic (exact) mass is 440 g/mol. The quantitative estimate of drug-likeness (QED) is 0.385. The molecule has 0 saturated heterocycles. The summed E-state index contributed by atoms with van der Waals surface area (Å²) in [5.41, 5.74) is 1.17. The molecule has 0 aliphatic rings. The maximum atomic E-state index is 13.2. The summed E-state index contributed by atoms with van der Waals surface area (Å²) >= 11 is 0. The van der Waals surface area contributed by atoms with E-state index in [4.69, 9.17) is 5.21 Å². The third-order valence-electron chi connectivity index (χ3n) is 4.26. The van der Waals surface area contributed by atoms with Gasteiger partial charge in [0.15, 0.2) is 11.6 Å². The van der Waals surface area contributed by atoms with Gasteiger partial charge in [-0.25, -0.2) is 28.0 Å². The van der Waals surface area contributed by atoms with Crippen molar-refractivity contribution in [1.82, 2.24) is 9.97 Å². The molecule has 0 spiro atoms. The fourth-order valence-corrected chi connectivity index (χ4v) is 3.83. The van der Waals surface area contributed by atoms with Crippen molar-refractivity contribution in [2.24, 2.45) is 0 Å². The Morgan fingerprint density at radius 3 is 2.16 bits per heavy atom. The molecule has 0 amide bonds. The molecule has 0 bridgehead atoms. The van der Waals surface area contributed by atoms with E-state index in [1.165, 1.54) is 42.5 Å². The maximum Gasteiger partial charge on any atom is 0.317 e. The van der Waals surface area contributed by atoms with Crippen LogP contribution in [0.3, 0.4) is 0 Å². The molecular weight excluding hydrogens is 425 g/mol. The lowest BCUT2D eigenvalue weighted by Crippen LogP contribution is -2.16. The summed E-state index contributed by atoms with van der Waals surface area (Å²) in [5.74, 6) is -0.429. The van der Waals surface area contributed by atoms with Crippen LogP contribution in [0.4, 0.5) is 27.4 Å². The van der Waals surface area contributed by atoms with Gasteiger partial charge in [-0.2, -0.15) is 0 Å². The Hall–Kier alpha value is -4.12. The fourth-order valence-electron chi connectivity index (χ4n) is 2.78. The molecule has 0 saturated carbocycles. The van der Waals surface area contributed by atoms with Crippen molar-refractivity contribution in [2.75, 3.05) is 10.0 Å². The highest BCUT2D eigenvalue weighted by Gasteiger charge is 2.22. The Morgan fingerprint density at radius 1 is 0.871 bits per heavy atom. The van der Waals surface area contributed by atoms with Crippen molar-refractivity contribution in [3.05, 3.63) is 83.5 Å². The van der Waals surface area contributed by atoms with Crippen molar-refractivity contribution in [3.63, 3.8) is 0 Å². The molecule has 3 N–H and O–H groups in total. The number of hydrogen-bond acceptors (Lipinski definition) is 6. The number of hydrogen-bond donors (Lipinski definition) is 3. The second-order valence-corrected chi connectivity index (χ2v) is 8.10. The van der Waals surface area contributed by atoms with Crippen LogP contribution in [0.25, 0.3) is 11.0 Å². The molecule has 0 atom stereocenters. The Bertz CT molecular complexity index is 1390. The number of rotatable bonds is 6. The molecular formula is C20H15FN5O4S+. The first kappa shape index (κ1) is 20.2. The lowest BCUT2D eigenvalue weighted by Gasteiger charge is -2.14. The first-order valence-corrected chi connectivity index (χ1v) is 10.4. The molecule has 1 heterocycles. The third kappa shape index (κ3) is 4.41. The normalized spacial score (nSPS) is 11.3. The van der Waals surface area contributed by atoms with Crippen LogP contribution < -0.4 is 10.0 Å². The van der Waals surface area contributed by atoms with Crippen molar-refractivity contribution in [1.29, 1.82) is 0 Å². The average Bonchev–Trinajstić information content (AvgIpc) is 2.75. The topological polar surface area (TPSA) is 124 Å². The first-order valence-electron chi connectivity index (χ1n) is 8.90. The number of anilines is 3. The molecule has 0 aliphatic carbocycles. The maximum absolute atomic E-state index is 13.2. The Kier molecular flexibility index (Phi) is 5.17. The largest absolute Gasteiger partial charge is 0.337 e. The minimum atomic E-state index is -4.19. The Morgan fingerprint density at radius 2 is 1.52 bits per heavy atom. The van der Waals surface area contributed by atoms with E-state index >= 15 is 0 Å². The number of fused-ring (bicyclic) bond motifs is 1. The Labute approximate surface area is 175 Å². The summed E-state index contributed by atoms with van der Waals surface area (Å²) in [6, 6.07) is 17.1. The SMILES string of the molecule is O=[N+](O)c1cccc(S(=O)(=O)Nc2nc3ccccc3nc2Nc2ccc(F)cc2)c1. The molecule has 3 aromatic carbocycles. The van der Waals surface area contributed by atoms with E-state index in [0.717, 1.165) is 6.07 Å². The van der Waals surface area contributed by atoms with Gasteiger partial charge < -0.3 is 5.32 Å². The average molecular weight is 440 g/mol. The Balaban J connectivity index is 1.77. The third-order valence-corrected chi connectivity index (χ3v) is 5.59. The smallest absolute Gasteiger partial charge is 0.317 e. The molecule has 9 nitrogen and oxygen atoms in total. The predicted molar refractivity (Wildman–Crippen MR) is 112 cm³/mol. The van der Waals surface area contributed by atoms with Gasteiger partial charge in [-0.3, -0.25) is 4.72 Å². The first-order chi connectivity index (χ1) is 14.8. The number of aromatic nitrogens is 2. The molecule has 156 valence electrons. The van der Waals surface area contributed by atoms with Crippen LogP contribution in [0.1, 0.15) is 0 Å². The molecule has 11 heteroatoms. The summed E-state index contributed by atoms with van der Waals surface area (Å²) in [7, 11) is -4.19. The lowest BCUT2D eigenvalue weighted by molar-refractivity contribution is -0.729. The van der Waals surface area contributed by atoms with Crippen molar-refractivity contribution >= 4 is 44.1 Å². The van der Waals surface area contributed by atoms with E-state index in [9.17, 15) is 17.7 Å². The van der Waals surface area contributed by atoms with Crippen LogP contribution >= 0.6 is 0 Å². The van der Waals surface area contributed by atoms with Gasteiger partial charge in [-0.1, -0.05) is 18.2 Å². The van der Waals surface area contributed by atoms with E-state index in [2.05, 4.69) is 20.0 Å². The second-order valence-electron chi connectivity index (χ2n) is 6.42. The van der Waals surface area contributed by atoms with E-state index in [-0.39, 0.29) is 22.2 Å². The zero-order chi connectivity index (χ0) is 22.0. The number of nitrogens with one attached hydrogen (secondary N) is 2. The second kappa shape index (κ2) is 7.95. The number of para-hydroxylation sites is 2. The van der Waals surface area contributed by atoms with Crippen LogP contribution in [-0.2, 0) is 10.0 Å². The van der Waals surface area contributed by atoms with Crippen molar-refractivity contribution < 1.29 is 22.9 Å². The molecule has 0 radical (unpaired) electrons. The molecule has 1 aromatic heterocycles. The van der Waals surface area contributed by atoms with Crippen molar-refractivity contribution in [3.8, 4) is 0 Å². The van der Waals surface area contributed by atoms with Gasteiger partial charge in [0.05, 0.1) is 20.8 Å². The predicted octanol–water partition coefficient (Wildman–Crippen LogP) is 4.11. The van der Waals surface area contributed by atoms with Gasteiger partial charge in [-0.05, 0) is 42.5 Å². The zero-order valence-electron chi connectivity index (χ0n) is 15.7. The molecule has 0 fully saturated rings. The van der Waals surface area contributed by atoms with Crippen LogP contribution in [0.5, 0.6) is 0 Å².